The maximum atomic E-state index is 12.0. The molecule has 1 aliphatic heterocycles. The maximum Gasteiger partial charge on any atom is 0.280 e. The molecular formula is C9H19N3O2S2. The number of hydrogen-bond acceptors (Lipinski definition) is 3. The first-order valence-corrected chi connectivity index (χ1v) is 7.35. The zero-order chi connectivity index (χ0) is 12.2. The van der Waals surface area contributed by atoms with E-state index in [1.807, 2.05) is 0 Å². The average Bonchev–Trinajstić information content (AvgIpc) is 2.45. The summed E-state index contributed by atoms with van der Waals surface area (Å²) in [5.74, 6) is 0. The summed E-state index contributed by atoms with van der Waals surface area (Å²) in [5.41, 5.74) is 5.39. The Balaban J connectivity index is 2.64. The van der Waals surface area contributed by atoms with Crippen LogP contribution in [-0.2, 0) is 10.2 Å². The van der Waals surface area contributed by atoms with Crippen molar-refractivity contribution in [3.05, 3.63) is 0 Å². The number of nitrogens with one attached hydrogen (secondary N) is 1. The highest BCUT2D eigenvalue weighted by molar-refractivity contribution is 7.87. The zero-order valence-corrected chi connectivity index (χ0v) is 11.1. The summed E-state index contributed by atoms with van der Waals surface area (Å²) < 4.78 is 27.9. The Labute approximate surface area is 103 Å². The van der Waals surface area contributed by atoms with Gasteiger partial charge in [0.2, 0.25) is 0 Å². The van der Waals surface area contributed by atoms with Gasteiger partial charge in [-0.3, -0.25) is 0 Å². The van der Waals surface area contributed by atoms with Gasteiger partial charge < -0.3 is 5.73 Å². The molecule has 0 amide bonds. The van der Waals surface area contributed by atoms with Crippen LogP contribution in [0.2, 0.25) is 0 Å². The molecule has 0 aromatic heterocycles. The minimum atomic E-state index is -3.44. The van der Waals surface area contributed by atoms with Crippen LogP contribution in [0.5, 0.6) is 0 Å². The molecule has 1 aliphatic rings. The predicted molar refractivity (Wildman–Crippen MR) is 68.3 cm³/mol. The lowest BCUT2D eigenvalue weighted by molar-refractivity contribution is 0.414. The highest BCUT2D eigenvalue weighted by atomic mass is 32.2. The summed E-state index contributed by atoms with van der Waals surface area (Å²) in [5, 5.41) is 0. The number of rotatable bonds is 4. The van der Waals surface area contributed by atoms with E-state index >= 15 is 0 Å². The van der Waals surface area contributed by atoms with Crippen molar-refractivity contribution in [1.82, 2.24) is 9.03 Å². The van der Waals surface area contributed by atoms with E-state index in [1.54, 1.807) is 6.92 Å². The lowest BCUT2D eigenvalue weighted by Crippen LogP contribution is -2.48. The Hall–Kier alpha value is -0.240. The van der Waals surface area contributed by atoms with Crippen LogP contribution in [0.15, 0.2) is 0 Å². The standard InChI is InChI=1S/C9H19N3O2S2/c1-8(9(10)15)11-16(13,14)12-6-4-2-3-5-7-12/h8,11H,2-7H2,1H3,(H2,10,15). The third kappa shape index (κ3) is 3.97. The molecule has 0 aliphatic carbocycles. The largest absolute Gasteiger partial charge is 0.392 e. The Morgan fingerprint density at radius 1 is 1.31 bits per heavy atom. The van der Waals surface area contributed by atoms with Gasteiger partial charge in [-0.05, 0) is 19.8 Å². The Bertz CT molecular complexity index is 335. The third-order valence-electron chi connectivity index (χ3n) is 2.66. The highest BCUT2D eigenvalue weighted by Crippen LogP contribution is 2.12. The van der Waals surface area contributed by atoms with Gasteiger partial charge >= 0.3 is 0 Å². The average molecular weight is 265 g/mol. The van der Waals surface area contributed by atoms with Gasteiger partial charge in [-0.15, -0.1) is 0 Å². The molecule has 16 heavy (non-hydrogen) atoms. The number of nitrogens with two attached hydrogens (primary N) is 1. The fourth-order valence-electron chi connectivity index (χ4n) is 1.64. The van der Waals surface area contributed by atoms with Crippen molar-refractivity contribution in [1.29, 1.82) is 0 Å². The smallest absolute Gasteiger partial charge is 0.280 e. The van der Waals surface area contributed by atoms with Gasteiger partial charge in [0.1, 0.15) is 0 Å². The van der Waals surface area contributed by atoms with Gasteiger partial charge in [0, 0.05) is 13.1 Å². The fourth-order valence-corrected chi connectivity index (χ4v) is 3.23. The van der Waals surface area contributed by atoms with Gasteiger partial charge in [-0.1, -0.05) is 25.1 Å². The minimum absolute atomic E-state index is 0.165. The van der Waals surface area contributed by atoms with E-state index < -0.39 is 16.3 Å². The quantitative estimate of drug-likeness (QED) is 0.720. The molecule has 0 radical (unpaired) electrons. The number of hydrogen-bond donors (Lipinski definition) is 2. The van der Waals surface area contributed by atoms with E-state index in [4.69, 9.17) is 18.0 Å². The fraction of sp³-hybridized carbons (Fsp3) is 0.889. The van der Waals surface area contributed by atoms with Crippen LogP contribution in [0.1, 0.15) is 32.6 Å². The van der Waals surface area contributed by atoms with Crippen molar-refractivity contribution in [2.75, 3.05) is 13.1 Å². The molecule has 1 atom stereocenters. The second-order valence-corrected chi connectivity index (χ2v) is 6.23. The molecule has 0 spiro atoms. The molecule has 7 heteroatoms. The number of nitrogens with zero attached hydrogens (tertiary/aromatic N) is 1. The molecule has 1 heterocycles. The van der Waals surface area contributed by atoms with E-state index in [-0.39, 0.29) is 4.99 Å². The summed E-state index contributed by atoms with van der Waals surface area (Å²) in [7, 11) is -3.44. The monoisotopic (exact) mass is 265 g/mol. The third-order valence-corrected chi connectivity index (χ3v) is 4.71. The van der Waals surface area contributed by atoms with Crippen molar-refractivity contribution in [3.63, 3.8) is 0 Å². The molecule has 0 aromatic carbocycles. The van der Waals surface area contributed by atoms with E-state index in [0.717, 1.165) is 25.7 Å². The van der Waals surface area contributed by atoms with Gasteiger partial charge in [0.25, 0.3) is 10.2 Å². The summed E-state index contributed by atoms with van der Waals surface area (Å²) in [6, 6.07) is -0.497. The summed E-state index contributed by atoms with van der Waals surface area (Å²) in [6.45, 7) is 2.82. The van der Waals surface area contributed by atoms with Gasteiger partial charge in [0.05, 0.1) is 11.0 Å². The molecular weight excluding hydrogens is 246 g/mol. The van der Waals surface area contributed by atoms with E-state index in [2.05, 4.69) is 4.72 Å². The molecule has 0 saturated carbocycles. The first-order valence-electron chi connectivity index (χ1n) is 5.50. The molecule has 0 bridgehead atoms. The SMILES string of the molecule is CC(NS(=O)(=O)N1CCCCCC1)C(N)=S. The molecule has 1 saturated heterocycles. The van der Waals surface area contributed by atoms with Crippen LogP contribution >= 0.6 is 12.2 Å². The van der Waals surface area contributed by atoms with Gasteiger partial charge in [-0.2, -0.15) is 17.4 Å². The van der Waals surface area contributed by atoms with E-state index in [9.17, 15) is 8.42 Å². The van der Waals surface area contributed by atoms with E-state index in [1.165, 1.54) is 4.31 Å². The first-order chi connectivity index (χ1) is 7.43. The second-order valence-electron chi connectivity index (χ2n) is 4.06. The van der Waals surface area contributed by atoms with E-state index in [0.29, 0.717) is 13.1 Å². The first kappa shape index (κ1) is 13.8. The van der Waals surface area contributed by atoms with Gasteiger partial charge in [0.15, 0.2) is 0 Å². The van der Waals surface area contributed by atoms with Crippen LogP contribution in [0.25, 0.3) is 0 Å². The van der Waals surface area contributed by atoms with Crippen molar-refractivity contribution in [2.45, 2.75) is 38.6 Å². The predicted octanol–water partition coefficient (Wildman–Crippen LogP) is 0.371. The molecule has 1 fully saturated rings. The Morgan fingerprint density at radius 2 is 1.81 bits per heavy atom. The van der Waals surface area contributed by atoms with Crippen LogP contribution in [0.4, 0.5) is 0 Å². The second kappa shape index (κ2) is 5.90. The van der Waals surface area contributed by atoms with Crippen molar-refractivity contribution >= 4 is 27.4 Å². The lowest BCUT2D eigenvalue weighted by atomic mass is 10.2. The van der Waals surface area contributed by atoms with Crippen LogP contribution in [0.3, 0.4) is 0 Å². The van der Waals surface area contributed by atoms with Crippen molar-refractivity contribution in [3.8, 4) is 0 Å². The maximum absolute atomic E-state index is 12.0. The number of thiocarbonyl (C=S) groups is 1. The minimum Gasteiger partial charge on any atom is -0.392 e. The molecule has 1 unspecified atom stereocenters. The molecule has 0 aromatic rings. The summed E-state index contributed by atoms with van der Waals surface area (Å²) in [6.07, 6.45) is 4.03. The molecule has 94 valence electrons. The summed E-state index contributed by atoms with van der Waals surface area (Å²) in [4.78, 5) is 0.165. The van der Waals surface area contributed by atoms with Crippen LogP contribution < -0.4 is 10.5 Å². The van der Waals surface area contributed by atoms with Crippen molar-refractivity contribution in [2.24, 2.45) is 5.73 Å². The lowest BCUT2D eigenvalue weighted by Gasteiger charge is -2.22. The van der Waals surface area contributed by atoms with Crippen molar-refractivity contribution < 1.29 is 8.42 Å². The molecule has 1 rings (SSSR count). The highest BCUT2D eigenvalue weighted by Gasteiger charge is 2.24. The van der Waals surface area contributed by atoms with Crippen LogP contribution in [-0.4, -0.2) is 36.8 Å². The normalized spacial score (nSPS) is 21.3. The Kier molecular flexibility index (Phi) is 5.10. The summed E-state index contributed by atoms with van der Waals surface area (Å²) >= 11 is 4.75. The van der Waals surface area contributed by atoms with Gasteiger partial charge in [-0.25, -0.2) is 0 Å². The zero-order valence-electron chi connectivity index (χ0n) is 9.48. The Morgan fingerprint density at radius 3 is 2.25 bits per heavy atom. The molecule has 3 N–H and O–H groups in total. The molecule has 5 nitrogen and oxygen atoms in total. The topological polar surface area (TPSA) is 75.4 Å². The van der Waals surface area contributed by atoms with Crippen LogP contribution in [0, 0.1) is 0 Å².